The molecular formula is C15H20ClN3. The molecule has 2 atom stereocenters. The highest BCUT2D eigenvalue weighted by Gasteiger charge is 2.27. The molecule has 1 N–H and O–H groups in total. The van der Waals surface area contributed by atoms with Crippen molar-refractivity contribution in [2.75, 3.05) is 18.0 Å². The maximum Gasteiger partial charge on any atom is 0.103 e. The van der Waals surface area contributed by atoms with Crippen LogP contribution in [0.2, 0.25) is 5.02 Å². The van der Waals surface area contributed by atoms with Crippen molar-refractivity contribution < 1.29 is 0 Å². The predicted octanol–water partition coefficient (Wildman–Crippen LogP) is 3.18. The van der Waals surface area contributed by atoms with Crippen LogP contribution in [0, 0.1) is 11.3 Å². The number of piperazine rings is 1. The van der Waals surface area contributed by atoms with Crippen molar-refractivity contribution in [1.29, 1.82) is 5.26 Å². The second-order valence-corrected chi connectivity index (χ2v) is 5.38. The summed E-state index contributed by atoms with van der Waals surface area (Å²) < 4.78 is 0. The first-order valence-electron chi connectivity index (χ1n) is 6.89. The quantitative estimate of drug-likeness (QED) is 0.922. The zero-order valence-electron chi connectivity index (χ0n) is 11.5. The normalized spacial score (nSPS) is 23.2. The van der Waals surface area contributed by atoms with E-state index >= 15 is 0 Å². The van der Waals surface area contributed by atoms with Crippen molar-refractivity contribution in [1.82, 2.24) is 5.32 Å². The fraction of sp³-hybridized carbons (Fsp3) is 0.533. The lowest BCUT2D eigenvalue weighted by molar-refractivity contribution is 0.378. The lowest BCUT2D eigenvalue weighted by Crippen LogP contribution is -2.56. The average molecular weight is 278 g/mol. The summed E-state index contributed by atoms with van der Waals surface area (Å²) >= 11 is 6.15. The van der Waals surface area contributed by atoms with Crippen molar-refractivity contribution in [2.45, 2.75) is 38.8 Å². The van der Waals surface area contributed by atoms with Crippen molar-refractivity contribution in [2.24, 2.45) is 0 Å². The van der Waals surface area contributed by atoms with Gasteiger partial charge in [-0.3, -0.25) is 0 Å². The lowest BCUT2D eigenvalue weighted by Gasteiger charge is -2.42. The van der Waals surface area contributed by atoms with Crippen LogP contribution in [0.1, 0.15) is 32.3 Å². The van der Waals surface area contributed by atoms with Crippen LogP contribution in [0.15, 0.2) is 18.2 Å². The molecule has 0 spiro atoms. The van der Waals surface area contributed by atoms with E-state index in [1.165, 1.54) is 0 Å². The molecule has 0 bridgehead atoms. The number of anilines is 1. The zero-order valence-corrected chi connectivity index (χ0v) is 12.2. The Bertz CT molecular complexity index is 481. The first-order valence-corrected chi connectivity index (χ1v) is 7.27. The second-order valence-electron chi connectivity index (χ2n) is 4.97. The SMILES string of the molecule is CCC1CN(c2cccc(Cl)c2C#N)C(CC)CN1. The molecule has 1 aromatic rings. The topological polar surface area (TPSA) is 39.1 Å². The van der Waals surface area contributed by atoms with Gasteiger partial charge in [0.15, 0.2) is 0 Å². The number of nitrogens with zero attached hydrogens (tertiary/aromatic N) is 2. The van der Waals surface area contributed by atoms with Crippen molar-refractivity contribution in [3.05, 3.63) is 28.8 Å². The van der Waals surface area contributed by atoms with Crippen LogP contribution in [0.25, 0.3) is 0 Å². The monoisotopic (exact) mass is 277 g/mol. The molecule has 0 amide bonds. The van der Waals surface area contributed by atoms with Crippen LogP contribution in [0.4, 0.5) is 5.69 Å². The van der Waals surface area contributed by atoms with Crippen molar-refractivity contribution >= 4 is 17.3 Å². The van der Waals surface area contributed by atoms with E-state index in [1.807, 2.05) is 12.1 Å². The number of nitriles is 1. The third-order valence-corrected chi connectivity index (χ3v) is 4.19. The van der Waals surface area contributed by atoms with Crippen LogP contribution >= 0.6 is 11.6 Å². The molecule has 1 aliphatic heterocycles. The molecular weight excluding hydrogens is 258 g/mol. The summed E-state index contributed by atoms with van der Waals surface area (Å²) in [5.41, 5.74) is 1.57. The Kier molecular flexibility index (Phi) is 4.68. The summed E-state index contributed by atoms with van der Waals surface area (Å²) in [6.07, 6.45) is 2.15. The van der Waals surface area contributed by atoms with Gasteiger partial charge < -0.3 is 10.2 Å². The standard InChI is InChI=1S/C15H20ClN3/c1-3-11-10-19(12(4-2)9-18-11)15-7-5-6-14(16)13(15)8-17/h5-7,11-12,18H,3-4,9-10H2,1-2H3. The minimum Gasteiger partial charge on any atom is -0.365 e. The van der Waals surface area contributed by atoms with Gasteiger partial charge in [0.05, 0.1) is 16.3 Å². The van der Waals surface area contributed by atoms with Gasteiger partial charge in [-0.05, 0) is 25.0 Å². The highest BCUT2D eigenvalue weighted by Crippen LogP contribution is 2.30. The highest BCUT2D eigenvalue weighted by atomic mass is 35.5. The Morgan fingerprint density at radius 2 is 2.21 bits per heavy atom. The minimum atomic E-state index is 0.424. The van der Waals surface area contributed by atoms with Crippen LogP contribution in [0.3, 0.4) is 0 Å². The minimum absolute atomic E-state index is 0.424. The number of nitrogens with one attached hydrogen (secondary N) is 1. The Balaban J connectivity index is 2.37. The van der Waals surface area contributed by atoms with Gasteiger partial charge in [0, 0.05) is 25.2 Å². The third-order valence-electron chi connectivity index (χ3n) is 3.88. The van der Waals surface area contributed by atoms with E-state index < -0.39 is 0 Å². The predicted molar refractivity (Wildman–Crippen MR) is 79.7 cm³/mol. The van der Waals surface area contributed by atoms with Crippen LogP contribution in [-0.4, -0.2) is 25.2 Å². The van der Waals surface area contributed by atoms with E-state index in [0.29, 0.717) is 22.7 Å². The molecule has 2 unspecified atom stereocenters. The van der Waals surface area contributed by atoms with Gasteiger partial charge in [-0.25, -0.2) is 0 Å². The van der Waals surface area contributed by atoms with Gasteiger partial charge in [0.1, 0.15) is 6.07 Å². The highest BCUT2D eigenvalue weighted by molar-refractivity contribution is 6.32. The summed E-state index contributed by atoms with van der Waals surface area (Å²) in [5, 5.41) is 13.4. The second kappa shape index (κ2) is 6.27. The first kappa shape index (κ1) is 14.2. The molecule has 1 heterocycles. The first-order chi connectivity index (χ1) is 9.21. The van der Waals surface area contributed by atoms with E-state index in [4.69, 9.17) is 11.6 Å². The number of hydrogen-bond acceptors (Lipinski definition) is 3. The van der Waals surface area contributed by atoms with E-state index in [9.17, 15) is 5.26 Å². The van der Waals surface area contributed by atoms with Gasteiger partial charge >= 0.3 is 0 Å². The van der Waals surface area contributed by atoms with Gasteiger partial charge in [0.2, 0.25) is 0 Å². The molecule has 102 valence electrons. The number of benzene rings is 1. The lowest BCUT2D eigenvalue weighted by atomic mass is 10.0. The van der Waals surface area contributed by atoms with E-state index in [1.54, 1.807) is 6.07 Å². The summed E-state index contributed by atoms with van der Waals surface area (Å²) in [6, 6.07) is 8.86. The largest absolute Gasteiger partial charge is 0.365 e. The van der Waals surface area contributed by atoms with Crippen LogP contribution < -0.4 is 10.2 Å². The molecule has 1 aromatic carbocycles. The average Bonchev–Trinajstić information content (AvgIpc) is 2.46. The summed E-state index contributed by atoms with van der Waals surface area (Å²) in [4.78, 5) is 2.34. The molecule has 1 aliphatic rings. The zero-order chi connectivity index (χ0) is 13.8. The van der Waals surface area contributed by atoms with E-state index in [-0.39, 0.29) is 0 Å². The molecule has 1 saturated heterocycles. The Labute approximate surface area is 120 Å². The number of hydrogen-bond donors (Lipinski definition) is 1. The molecule has 0 saturated carbocycles. The molecule has 0 aliphatic carbocycles. The van der Waals surface area contributed by atoms with E-state index in [0.717, 1.165) is 31.6 Å². The maximum atomic E-state index is 9.34. The van der Waals surface area contributed by atoms with E-state index in [2.05, 4.69) is 30.1 Å². The van der Waals surface area contributed by atoms with Gasteiger partial charge in [-0.2, -0.15) is 5.26 Å². The fourth-order valence-electron chi connectivity index (χ4n) is 2.66. The van der Waals surface area contributed by atoms with Gasteiger partial charge in [-0.15, -0.1) is 0 Å². The Morgan fingerprint density at radius 1 is 1.42 bits per heavy atom. The van der Waals surface area contributed by atoms with Gasteiger partial charge in [0.25, 0.3) is 0 Å². The Hall–Kier alpha value is -1.24. The molecule has 4 heteroatoms. The molecule has 0 radical (unpaired) electrons. The molecule has 0 aromatic heterocycles. The fourth-order valence-corrected chi connectivity index (χ4v) is 2.87. The molecule has 3 nitrogen and oxygen atoms in total. The van der Waals surface area contributed by atoms with Crippen molar-refractivity contribution in [3.8, 4) is 6.07 Å². The third kappa shape index (κ3) is 2.86. The molecule has 1 fully saturated rings. The summed E-state index contributed by atoms with van der Waals surface area (Å²) in [7, 11) is 0. The maximum absolute atomic E-state index is 9.34. The summed E-state index contributed by atoms with van der Waals surface area (Å²) in [5.74, 6) is 0. The molecule has 2 rings (SSSR count). The van der Waals surface area contributed by atoms with Crippen LogP contribution in [0.5, 0.6) is 0 Å². The number of halogens is 1. The summed E-state index contributed by atoms with van der Waals surface area (Å²) in [6.45, 7) is 6.27. The van der Waals surface area contributed by atoms with Crippen molar-refractivity contribution in [3.63, 3.8) is 0 Å². The number of rotatable bonds is 3. The smallest absolute Gasteiger partial charge is 0.103 e. The van der Waals surface area contributed by atoms with Crippen LogP contribution in [-0.2, 0) is 0 Å². The van der Waals surface area contributed by atoms with Gasteiger partial charge in [-0.1, -0.05) is 31.5 Å². The Morgan fingerprint density at radius 3 is 2.84 bits per heavy atom. The molecule has 19 heavy (non-hydrogen) atoms.